The van der Waals surface area contributed by atoms with E-state index in [0.717, 1.165) is 5.56 Å². The van der Waals surface area contributed by atoms with E-state index in [9.17, 15) is 4.79 Å². The number of carbonyl (C=O) groups is 1. The zero-order valence-electron chi connectivity index (χ0n) is 9.58. The van der Waals surface area contributed by atoms with Gasteiger partial charge >= 0.3 is 6.03 Å². The first-order valence-electron chi connectivity index (χ1n) is 5.40. The highest BCUT2D eigenvalue weighted by Crippen LogP contribution is 2.02. The molecule has 0 atom stereocenters. The third kappa shape index (κ3) is 3.71. The molecular weight excluding hydrogens is 228 g/mol. The zero-order valence-corrected chi connectivity index (χ0v) is 9.58. The molecule has 0 aliphatic heterocycles. The molecule has 0 radical (unpaired) electrons. The fraction of sp³-hybridized carbons (Fsp3) is 0. The topological polar surface area (TPSA) is 66.4 Å². The third-order valence-corrected chi connectivity index (χ3v) is 2.12. The van der Waals surface area contributed by atoms with Crippen LogP contribution in [0.1, 0.15) is 5.56 Å². The van der Waals surface area contributed by atoms with Crippen LogP contribution in [-0.4, -0.2) is 17.2 Å². The van der Waals surface area contributed by atoms with E-state index in [-0.39, 0.29) is 0 Å². The third-order valence-electron chi connectivity index (χ3n) is 2.12. The fourth-order valence-electron chi connectivity index (χ4n) is 1.30. The second kappa shape index (κ2) is 6.15. The Hall–Kier alpha value is -2.69. The van der Waals surface area contributed by atoms with Crippen molar-refractivity contribution >= 4 is 17.9 Å². The standard InChI is InChI=1S/C13H12N4O/c18-13(16-12-6-8-14-9-7-12)17-15-10-11-4-2-1-3-5-11/h1-10H,(H2,14,16,17,18)/b15-10+. The average molecular weight is 240 g/mol. The zero-order chi connectivity index (χ0) is 12.6. The van der Waals surface area contributed by atoms with E-state index in [1.807, 2.05) is 30.3 Å². The van der Waals surface area contributed by atoms with Crippen LogP contribution >= 0.6 is 0 Å². The molecule has 0 bridgehead atoms. The van der Waals surface area contributed by atoms with Gasteiger partial charge in [0.1, 0.15) is 0 Å². The lowest BCUT2D eigenvalue weighted by Gasteiger charge is -2.02. The Morgan fingerprint density at radius 1 is 1.11 bits per heavy atom. The van der Waals surface area contributed by atoms with Crippen LogP contribution in [0.25, 0.3) is 0 Å². The SMILES string of the molecule is O=C(N/N=C/c1ccccc1)Nc1ccncc1. The molecule has 0 fully saturated rings. The normalized spacial score (nSPS) is 10.2. The van der Waals surface area contributed by atoms with Crippen molar-refractivity contribution in [3.63, 3.8) is 0 Å². The number of aromatic nitrogens is 1. The Bertz CT molecular complexity index is 525. The quantitative estimate of drug-likeness (QED) is 0.638. The van der Waals surface area contributed by atoms with Crippen molar-refractivity contribution in [1.29, 1.82) is 0 Å². The van der Waals surface area contributed by atoms with Gasteiger partial charge in [0, 0.05) is 18.1 Å². The smallest absolute Gasteiger partial charge is 0.306 e. The molecule has 0 spiro atoms. The molecule has 1 aromatic carbocycles. The van der Waals surface area contributed by atoms with E-state index in [1.165, 1.54) is 0 Å². The Kier molecular flexibility index (Phi) is 4.02. The minimum atomic E-state index is -0.395. The van der Waals surface area contributed by atoms with E-state index in [0.29, 0.717) is 5.69 Å². The van der Waals surface area contributed by atoms with E-state index in [4.69, 9.17) is 0 Å². The van der Waals surface area contributed by atoms with E-state index in [1.54, 1.807) is 30.7 Å². The Morgan fingerprint density at radius 2 is 1.83 bits per heavy atom. The van der Waals surface area contributed by atoms with Crippen LogP contribution < -0.4 is 10.7 Å². The monoisotopic (exact) mass is 240 g/mol. The lowest BCUT2D eigenvalue weighted by Crippen LogP contribution is -2.24. The van der Waals surface area contributed by atoms with Gasteiger partial charge in [-0.2, -0.15) is 5.10 Å². The molecule has 0 saturated heterocycles. The molecule has 90 valence electrons. The van der Waals surface area contributed by atoms with E-state index in [2.05, 4.69) is 20.8 Å². The van der Waals surface area contributed by atoms with Gasteiger partial charge < -0.3 is 5.32 Å². The van der Waals surface area contributed by atoms with Gasteiger partial charge in [-0.15, -0.1) is 0 Å². The molecule has 1 heterocycles. The van der Waals surface area contributed by atoms with Crippen molar-refractivity contribution < 1.29 is 4.79 Å². The highest BCUT2D eigenvalue weighted by atomic mass is 16.2. The van der Waals surface area contributed by atoms with Gasteiger partial charge in [0.15, 0.2) is 0 Å². The summed E-state index contributed by atoms with van der Waals surface area (Å²) in [4.78, 5) is 15.3. The highest BCUT2D eigenvalue weighted by Gasteiger charge is 1.97. The van der Waals surface area contributed by atoms with Gasteiger partial charge in [-0.3, -0.25) is 4.98 Å². The van der Waals surface area contributed by atoms with Crippen LogP contribution in [0.4, 0.5) is 10.5 Å². The van der Waals surface area contributed by atoms with Crippen LogP contribution in [0.3, 0.4) is 0 Å². The summed E-state index contributed by atoms with van der Waals surface area (Å²) in [5.41, 5.74) is 3.96. The summed E-state index contributed by atoms with van der Waals surface area (Å²) in [5.74, 6) is 0. The van der Waals surface area contributed by atoms with Crippen molar-refractivity contribution in [2.75, 3.05) is 5.32 Å². The molecule has 0 aliphatic rings. The molecule has 0 saturated carbocycles. The summed E-state index contributed by atoms with van der Waals surface area (Å²) in [5, 5.41) is 6.46. The van der Waals surface area contributed by atoms with Gasteiger partial charge in [-0.1, -0.05) is 30.3 Å². The van der Waals surface area contributed by atoms with Gasteiger partial charge in [0.2, 0.25) is 0 Å². The number of amides is 2. The summed E-state index contributed by atoms with van der Waals surface area (Å²) in [6.45, 7) is 0. The first-order chi connectivity index (χ1) is 8.84. The van der Waals surface area contributed by atoms with Crippen molar-refractivity contribution in [2.24, 2.45) is 5.10 Å². The summed E-state index contributed by atoms with van der Waals surface area (Å²) >= 11 is 0. The minimum Gasteiger partial charge on any atom is -0.306 e. The second-order valence-electron chi connectivity index (χ2n) is 3.47. The molecule has 2 amide bonds. The van der Waals surface area contributed by atoms with E-state index < -0.39 is 6.03 Å². The number of carbonyl (C=O) groups excluding carboxylic acids is 1. The van der Waals surface area contributed by atoms with Gasteiger partial charge in [-0.25, -0.2) is 10.2 Å². The number of benzene rings is 1. The molecule has 18 heavy (non-hydrogen) atoms. The lowest BCUT2D eigenvalue weighted by atomic mass is 10.2. The number of pyridine rings is 1. The van der Waals surface area contributed by atoms with Crippen molar-refractivity contribution in [3.05, 3.63) is 60.4 Å². The summed E-state index contributed by atoms with van der Waals surface area (Å²) in [6.07, 6.45) is 4.78. The number of hydrogen-bond acceptors (Lipinski definition) is 3. The van der Waals surface area contributed by atoms with Crippen molar-refractivity contribution in [2.45, 2.75) is 0 Å². The molecule has 5 nitrogen and oxygen atoms in total. The number of nitrogens with zero attached hydrogens (tertiary/aromatic N) is 2. The number of nitrogens with one attached hydrogen (secondary N) is 2. The van der Waals surface area contributed by atoms with Gasteiger partial charge in [0.05, 0.1) is 6.21 Å². The van der Waals surface area contributed by atoms with Gasteiger partial charge in [-0.05, 0) is 17.7 Å². The number of anilines is 1. The maximum absolute atomic E-state index is 11.4. The maximum Gasteiger partial charge on any atom is 0.339 e. The maximum atomic E-state index is 11.4. The molecule has 5 heteroatoms. The molecule has 2 N–H and O–H groups in total. The molecule has 2 rings (SSSR count). The Balaban J connectivity index is 1.84. The first kappa shape index (κ1) is 11.8. The average Bonchev–Trinajstić information content (AvgIpc) is 2.41. The van der Waals surface area contributed by atoms with Crippen LogP contribution in [0.15, 0.2) is 60.0 Å². The Morgan fingerprint density at radius 3 is 2.56 bits per heavy atom. The second-order valence-corrected chi connectivity index (χ2v) is 3.47. The van der Waals surface area contributed by atoms with Crippen molar-refractivity contribution in [1.82, 2.24) is 10.4 Å². The molecule has 1 aromatic heterocycles. The first-order valence-corrected chi connectivity index (χ1v) is 5.40. The number of rotatable bonds is 3. The lowest BCUT2D eigenvalue weighted by molar-refractivity contribution is 0.252. The molecular formula is C13H12N4O. The number of hydrazone groups is 1. The Labute approximate surface area is 105 Å². The molecule has 0 unspecified atom stereocenters. The van der Waals surface area contributed by atoms with Crippen LogP contribution in [0, 0.1) is 0 Å². The van der Waals surface area contributed by atoms with E-state index >= 15 is 0 Å². The van der Waals surface area contributed by atoms with Crippen molar-refractivity contribution in [3.8, 4) is 0 Å². The largest absolute Gasteiger partial charge is 0.339 e. The molecule has 2 aromatic rings. The number of hydrogen-bond donors (Lipinski definition) is 2. The minimum absolute atomic E-state index is 0.395. The summed E-state index contributed by atoms with van der Waals surface area (Å²) < 4.78 is 0. The number of urea groups is 1. The summed E-state index contributed by atoms with van der Waals surface area (Å²) in [6, 6.07) is 12.5. The molecule has 0 aliphatic carbocycles. The van der Waals surface area contributed by atoms with Crippen LogP contribution in [-0.2, 0) is 0 Å². The predicted octanol–water partition coefficient (Wildman–Crippen LogP) is 2.24. The predicted molar refractivity (Wildman–Crippen MR) is 70.4 cm³/mol. The summed E-state index contributed by atoms with van der Waals surface area (Å²) in [7, 11) is 0. The highest BCUT2D eigenvalue weighted by molar-refractivity contribution is 5.90. The van der Waals surface area contributed by atoms with Crippen LogP contribution in [0.2, 0.25) is 0 Å². The van der Waals surface area contributed by atoms with Crippen LogP contribution in [0.5, 0.6) is 0 Å². The van der Waals surface area contributed by atoms with Gasteiger partial charge in [0.25, 0.3) is 0 Å². The fourth-order valence-corrected chi connectivity index (χ4v) is 1.30.